The number of benzene rings is 2. The number of para-hydroxylation sites is 2. The van der Waals surface area contributed by atoms with Crippen LogP contribution < -0.4 is 4.90 Å². The Morgan fingerprint density at radius 3 is 2.30 bits per heavy atom. The normalized spacial score (nSPS) is 24.3. The smallest absolute Gasteiger partial charge is 0.209 e. The van der Waals surface area contributed by atoms with Gasteiger partial charge in [-0.05, 0) is 38.8 Å². The monoisotopic (exact) mass is 357 g/mol. The van der Waals surface area contributed by atoms with Gasteiger partial charge in [-0.15, -0.1) is 6.58 Å². The van der Waals surface area contributed by atoms with E-state index in [4.69, 9.17) is 0 Å². The lowest BCUT2D eigenvalue weighted by molar-refractivity contribution is -0.401. The van der Waals surface area contributed by atoms with Crippen molar-refractivity contribution in [1.82, 2.24) is 0 Å². The lowest BCUT2D eigenvalue weighted by Crippen LogP contribution is -2.32. The highest BCUT2D eigenvalue weighted by atomic mass is 15.2. The Hall–Kier alpha value is -2.61. The number of allylic oxidation sites excluding steroid dienone is 3. The first-order valence-corrected chi connectivity index (χ1v) is 9.69. The van der Waals surface area contributed by atoms with Gasteiger partial charge in [-0.1, -0.05) is 42.5 Å². The van der Waals surface area contributed by atoms with Gasteiger partial charge in [-0.2, -0.15) is 4.58 Å². The summed E-state index contributed by atoms with van der Waals surface area (Å²) in [6.45, 7) is 11.0. The Morgan fingerprint density at radius 1 is 1.00 bits per heavy atom. The van der Waals surface area contributed by atoms with E-state index in [9.17, 15) is 0 Å². The fourth-order valence-electron chi connectivity index (χ4n) is 5.02. The van der Waals surface area contributed by atoms with Crippen LogP contribution in [0.4, 0.5) is 11.4 Å². The van der Waals surface area contributed by atoms with Crippen LogP contribution in [0.2, 0.25) is 0 Å². The van der Waals surface area contributed by atoms with Gasteiger partial charge in [0, 0.05) is 41.6 Å². The van der Waals surface area contributed by atoms with Crippen LogP contribution in [0, 0.1) is 0 Å². The Bertz CT molecular complexity index is 993. The fourth-order valence-corrected chi connectivity index (χ4v) is 5.02. The van der Waals surface area contributed by atoms with Crippen LogP contribution in [0.3, 0.4) is 0 Å². The number of hydrogen-bond acceptors (Lipinski definition) is 1. The lowest BCUT2D eigenvalue weighted by Gasteiger charge is -2.28. The molecule has 0 saturated carbocycles. The topological polar surface area (TPSA) is 6.25 Å². The minimum Gasteiger partial charge on any atom is -0.347 e. The van der Waals surface area contributed by atoms with Crippen molar-refractivity contribution < 1.29 is 4.58 Å². The zero-order chi connectivity index (χ0) is 19.4. The molecule has 0 spiro atoms. The van der Waals surface area contributed by atoms with Crippen molar-refractivity contribution in [2.45, 2.75) is 38.0 Å². The quantitative estimate of drug-likeness (QED) is 0.515. The summed E-state index contributed by atoms with van der Waals surface area (Å²) in [6, 6.07) is 17.5. The Labute approximate surface area is 163 Å². The third-order valence-electron chi connectivity index (χ3n) is 6.55. The summed E-state index contributed by atoms with van der Waals surface area (Å²) in [7, 11) is 4.38. The van der Waals surface area contributed by atoms with Gasteiger partial charge in [0.05, 0.1) is 5.41 Å². The molecule has 0 N–H and O–H groups in total. The first kappa shape index (κ1) is 17.8. The summed E-state index contributed by atoms with van der Waals surface area (Å²) in [5.74, 6) is 0. The first-order chi connectivity index (χ1) is 12.8. The van der Waals surface area contributed by atoms with E-state index in [0.717, 1.165) is 6.42 Å². The molecule has 4 rings (SSSR count). The molecule has 2 aromatic rings. The van der Waals surface area contributed by atoms with E-state index in [1.54, 1.807) is 0 Å². The van der Waals surface area contributed by atoms with Gasteiger partial charge in [0.1, 0.15) is 7.05 Å². The molecule has 0 saturated heterocycles. The molecule has 2 aliphatic heterocycles. The molecule has 2 heteroatoms. The molecule has 138 valence electrons. The molecule has 2 aromatic carbocycles. The van der Waals surface area contributed by atoms with Crippen LogP contribution in [0.25, 0.3) is 0 Å². The summed E-state index contributed by atoms with van der Waals surface area (Å²) in [5, 5.41) is 0. The highest BCUT2D eigenvalue weighted by molar-refractivity contribution is 6.04. The second-order valence-electron chi connectivity index (χ2n) is 8.52. The molecule has 2 heterocycles. The second-order valence-corrected chi connectivity index (χ2v) is 8.52. The van der Waals surface area contributed by atoms with Gasteiger partial charge in [-0.25, -0.2) is 0 Å². The van der Waals surface area contributed by atoms with Crippen molar-refractivity contribution in [3.8, 4) is 0 Å². The molecule has 0 radical (unpaired) electrons. The van der Waals surface area contributed by atoms with Gasteiger partial charge in [0.15, 0.2) is 5.71 Å². The maximum Gasteiger partial charge on any atom is 0.209 e. The maximum atomic E-state index is 4.05. The molecule has 2 aliphatic rings. The van der Waals surface area contributed by atoms with E-state index in [-0.39, 0.29) is 10.8 Å². The van der Waals surface area contributed by atoms with Gasteiger partial charge < -0.3 is 4.90 Å². The molecule has 0 bridgehead atoms. The number of fused-ring (bicyclic) bond motifs is 2. The van der Waals surface area contributed by atoms with Gasteiger partial charge in [-0.3, -0.25) is 0 Å². The molecule has 2 nitrogen and oxygen atoms in total. The fraction of sp³-hybridized carbons (Fsp3) is 0.320. The summed E-state index contributed by atoms with van der Waals surface area (Å²) < 4.78 is 2.35. The number of hydrogen-bond donors (Lipinski definition) is 0. The zero-order valence-corrected chi connectivity index (χ0v) is 17.1. The SMILES string of the molecule is C=CCC1(C)/C(=C\C2=[N+](C)c3ccccc3C2(C)C)N(C)c2ccccc21. The van der Waals surface area contributed by atoms with Crippen LogP contribution in [-0.2, 0) is 10.8 Å². The summed E-state index contributed by atoms with van der Waals surface area (Å²) >= 11 is 0. The maximum absolute atomic E-state index is 4.05. The van der Waals surface area contributed by atoms with Gasteiger partial charge in [0.25, 0.3) is 0 Å². The summed E-state index contributed by atoms with van der Waals surface area (Å²) in [6.07, 6.45) is 5.39. The number of anilines is 1. The average molecular weight is 358 g/mol. The van der Waals surface area contributed by atoms with Crippen molar-refractivity contribution in [3.05, 3.63) is 84.1 Å². The zero-order valence-electron chi connectivity index (χ0n) is 17.1. The van der Waals surface area contributed by atoms with Crippen molar-refractivity contribution in [1.29, 1.82) is 0 Å². The Balaban J connectivity index is 1.92. The van der Waals surface area contributed by atoms with E-state index in [1.807, 2.05) is 6.08 Å². The van der Waals surface area contributed by atoms with Crippen molar-refractivity contribution in [2.24, 2.45) is 0 Å². The van der Waals surface area contributed by atoms with E-state index in [2.05, 4.69) is 106 Å². The molecule has 1 unspecified atom stereocenters. The van der Waals surface area contributed by atoms with Crippen molar-refractivity contribution in [3.63, 3.8) is 0 Å². The van der Waals surface area contributed by atoms with E-state index in [1.165, 1.54) is 33.9 Å². The molecular formula is C25H29N2+. The predicted molar refractivity (Wildman–Crippen MR) is 115 cm³/mol. The summed E-state index contributed by atoms with van der Waals surface area (Å²) in [5.41, 5.74) is 7.97. The average Bonchev–Trinajstić information content (AvgIpc) is 2.98. The van der Waals surface area contributed by atoms with Crippen LogP contribution in [-0.4, -0.2) is 24.4 Å². The van der Waals surface area contributed by atoms with Crippen LogP contribution in [0.5, 0.6) is 0 Å². The standard InChI is InChI=1S/C25H29N2/c1-7-16-25(4)19-13-9-11-15-21(19)27(6)23(25)17-22-24(2,3)18-12-8-10-14-20(18)26(22)5/h7-15,17H,1,16H2,2-6H3/q+1. The lowest BCUT2D eigenvalue weighted by atomic mass is 9.76. The molecular weight excluding hydrogens is 328 g/mol. The van der Waals surface area contributed by atoms with E-state index >= 15 is 0 Å². The van der Waals surface area contributed by atoms with Crippen LogP contribution in [0.1, 0.15) is 38.3 Å². The van der Waals surface area contributed by atoms with Crippen LogP contribution >= 0.6 is 0 Å². The molecule has 27 heavy (non-hydrogen) atoms. The molecule has 1 atom stereocenters. The third-order valence-corrected chi connectivity index (χ3v) is 6.55. The minimum atomic E-state index is -0.0637. The summed E-state index contributed by atoms with van der Waals surface area (Å²) in [4.78, 5) is 2.36. The largest absolute Gasteiger partial charge is 0.347 e. The molecule has 0 aromatic heterocycles. The highest BCUT2D eigenvalue weighted by Gasteiger charge is 2.47. The molecule has 0 fully saturated rings. The number of nitrogens with zero attached hydrogens (tertiary/aromatic N) is 2. The van der Waals surface area contributed by atoms with Crippen LogP contribution in [0.15, 0.2) is 73.0 Å². The second kappa shape index (κ2) is 5.95. The van der Waals surface area contributed by atoms with Gasteiger partial charge >= 0.3 is 0 Å². The Morgan fingerprint density at radius 2 is 1.63 bits per heavy atom. The van der Waals surface area contributed by atoms with E-state index < -0.39 is 0 Å². The Kier molecular flexibility index (Phi) is 3.92. The number of likely N-dealkylation sites (N-methyl/N-ethyl adjacent to an activating group) is 1. The van der Waals surface area contributed by atoms with Crippen molar-refractivity contribution >= 4 is 17.1 Å². The van der Waals surface area contributed by atoms with Gasteiger partial charge in [0.2, 0.25) is 5.69 Å². The third kappa shape index (κ3) is 2.36. The van der Waals surface area contributed by atoms with Crippen molar-refractivity contribution in [2.75, 3.05) is 19.0 Å². The molecule has 0 amide bonds. The first-order valence-electron chi connectivity index (χ1n) is 9.69. The minimum absolute atomic E-state index is 0.0248. The molecule has 0 aliphatic carbocycles. The number of rotatable bonds is 3. The highest BCUT2D eigenvalue weighted by Crippen LogP contribution is 2.50. The van der Waals surface area contributed by atoms with E-state index in [0.29, 0.717) is 0 Å². The predicted octanol–water partition coefficient (Wildman–Crippen LogP) is 5.56.